The number of carbonyl (C=O) groups is 2. The third-order valence-electron chi connectivity index (χ3n) is 3.72. The van der Waals surface area contributed by atoms with Gasteiger partial charge in [0.25, 0.3) is 5.56 Å². The highest BCUT2D eigenvalue weighted by Crippen LogP contribution is 2.05. The molecule has 1 N–H and O–H groups in total. The molecule has 0 aliphatic carbocycles. The molecule has 2 aromatic rings. The van der Waals surface area contributed by atoms with E-state index in [0.29, 0.717) is 19.6 Å². The lowest BCUT2D eigenvalue weighted by Gasteiger charge is -2.08. The fourth-order valence-corrected chi connectivity index (χ4v) is 2.42. The zero-order chi connectivity index (χ0) is 18.6. The summed E-state index contributed by atoms with van der Waals surface area (Å²) in [5, 5.41) is 2.67. The number of hydrogen-bond donors (Lipinski definition) is 1. The van der Waals surface area contributed by atoms with Crippen LogP contribution in [0.25, 0.3) is 11.2 Å². The van der Waals surface area contributed by atoms with Crippen LogP contribution >= 0.6 is 0 Å². The quantitative estimate of drug-likeness (QED) is 0.499. The van der Waals surface area contributed by atoms with E-state index >= 15 is 0 Å². The van der Waals surface area contributed by atoms with Crippen molar-refractivity contribution in [3.05, 3.63) is 27.2 Å². The number of nitrogens with one attached hydrogen (secondary N) is 1. The molecule has 2 heterocycles. The van der Waals surface area contributed by atoms with Gasteiger partial charge in [-0.2, -0.15) is 0 Å². The van der Waals surface area contributed by atoms with E-state index < -0.39 is 11.2 Å². The number of esters is 1. The molecule has 0 aliphatic rings. The van der Waals surface area contributed by atoms with Crippen LogP contribution in [0.3, 0.4) is 0 Å². The summed E-state index contributed by atoms with van der Waals surface area (Å²) < 4.78 is 8.42. The van der Waals surface area contributed by atoms with E-state index in [1.54, 1.807) is 6.92 Å². The molecule has 0 unspecified atom stereocenters. The third kappa shape index (κ3) is 3.95. The Morgan fingerprint density at radius 3 is 2.64 bits per heavy atom. The van der Waals surface area contributed by atoms with Crippen LogP contribution in [0.15, 0.2) is 15.9 Å². The van der Waals surface area contributed by atoms with Gasteiger partial charge in [0.15, 0.2) is 11.2 Å². The second-order valence-corrected chi connectivity index (χ2v) is 5.51. The predicted octanol–water partition coefficient (Wildman–Crippen LogP) is -1.11. The number of ether oxygens (including phenoxy) is 1. The molecule has 0 aromatic carbocycles. The Labute approximate surface area is 143 Å². The number of imidazole rings is 1. The second-order valence-electron chi connectivity index (χ2n) is 5.51. The van der Waals surface area contributed by atoms with Gasteiger partial charge in [-0.1, -0.05) is 0 Å². The Balaban J connectivity index is 2.04. The van der Waals surface area contributed by atoms with Crippen molar-refractivity contribution >= 4 is 23.0 Å². The number of aryl methyl sites for hydroxylation is 1. The molecule has 0 atom stereocenters. The minimum absolute atomic E-state index is 0.108. The number of carbonyl (C=O) groups excluding carboxylic acids is 2. The average molecular weight is 351 g/mol. The summed E-state index contributed by atoms with van der Waals surface area (Å²) in [6, 6.07) is 0. The van der Waals surface area contributed by atoms with Crippen LogP contribution in [0.2, 0.25) is 0 Å². The number of nitrogens with zero attached hydrogens (tertiary/aromatic N) is 4. The molecule has 0 saturated carbocycles. The normalized spacial score (nSPS) is 10.8. The summed E-state index contributed by atoms with van der Waals surface area (Å²) in [5.74, 6) is -0.624. The highest BCUT2D eigenvalue weighted by molar-refractivity contribution is 5.78. The zero-order valence-corrected chi connectivity index (χ0v) is 14.4. The first-order valence-corrected chi connectivity index (χ1v) is 7.90. The van der Waals surface area contributed by atoms with Gasteiger partial charge in [-0.05, 0) is 13.3 Å². The van der Waals surface area contributed by atoms with Crippen molar-refractivity contribution in [2.45, 2.75) is 26.3 Å². The smallest absolute Gasteiger partial charge is 0.332 e. The summed E-state index contributed by atoms with van der Waals surface area (Å²) in [7, 11) is 2.88. The molecule has 0 spiro atoms. The van der Waals surface area contributed by atoms with Crippen LogP contribution in [-0.2, 0) is 35.0 Å². The minimum atomic E-state index is -0.509. The Kier molecular flexibility index (Phi) is 5.73. The lowest BCUT2D eigenvalue weighted by molar-refractivity contribution is -0.143. The first-order chi connectivity index (χ1) is 11.9. The summed E-state index contributed by atoms with van der Waals surface area (Å²) in [4.78, 5) is 51.4. The molecule has 2 aromatic heterocycles. The van der Waals surface area contributed by atoms with E-state index in [0.717, 1.165) is 4.57 Å². The SMILES string of the molecule is CCOC(=O)CCCNC(=O)Cn1cnc2c1c(=O)n(C)c(=O)n2C. The van der Waals surface area contributed by atoms with Crippen LogP contribution in [0, 0.1) is 0 Å². The molecule has 25 heavy (non-hydrogen) atoms. The Bertz CT molecular complexity index is 907. The maximum absolute atomic E-state index is 12.3. The Morgan fingerprint density at radius 1 is 1.24 bits per heavy atom. The maximum atomic E-state index is 12.3. The fourth-order valence-electron chi connectivity index (χ4n) is 2.42. The van der Waals surface area contributed by atoms with Crippen LogP contribution < -0.4 is 16.6 Å². The van der Waals surface area contributed by atoms with Gasteiger partial charge >= 0.3 is 11.7 Å². The van der Waals surface area contributed by atoms with Gasteiger partial charge in [-0.3, -0.25) is 23.5 Å². The van der Waals surface area contributed by atoms with E-state index in [1.807, 2.05) is 0 Å². The zero-order valence-electron chi connectivity index (χ0n) is 14.4. The van der Waals surface area contributed by atoms with Gasteiger partial charge in [0.2, 0.25) is 5.91 Å². The van der Waals surface area contributed by atoms with Gasteiger partial charge in [0.1, 0.15) is 6.54 Å². The molecule has 136 valence electrons. The molecule has 10 heteroatoms. The van der Waals surface area contributed by atoms with E-state index in [-0.39, 0.29) is 36.0 Å². The number of amides is 1. The molecular weight excluding hydrogens is 330 g/mol. The van der Waals surface area contributed by atoms with Crippen molar-refractivity contribution in [1.29, 1.82) is 0 Å². The molecule has 1 amide bonds. The lowest BCUT2D eigenvalue weighted by Crippen LogP contribution is -2.38. The molecule has 0 saturated heterocycles. The van der Waals surface area contributed by atoms with Crippen molar-refractivity contribution in [2.75, 3.05) is 13.2 Å². The van der Waals surface area contributed by atoms with Crippen molar-refractivity contribution in [2.24, 2.45) is 14.1 Å². The monoisotopic (exact) mass is 351 g/mol. The van der Waals surface area contributed by atoms with Crippen LogP contribution in [0.4, 0.5) is 0 Å². The second kappa shape index (κ2) is 7.77. The number of aromatic nitrogens is 4. The first-order valence-electron chi connectivity index (χ1n) is 7.90. The largest absolute Gasteiger partial charge is 0.466 e. The standard InChI is InChI=1S/C15H21N5O5/c1-4-25-11(22)6-5-7-16-10(21)8-20-9-17-13-12(20)14(23)19(3)15(24)18(13)2/h9H,4-8H2,1-3H3,(H,16,21). The predicted molar refractivity (Wildman–Crippen MR) is 89.1 cm³/mol. The number of rotatable bonds is 7. The number of hydrogen-bond acceptors (Lipinski definition) is 6. The molecule has 0 aliphatic heterocycles. The Hall–Kier alpha value is -2.91. The van der Waals surface area contributed by atoms with E-state index in [4.69, 9.17) is 4.74 Å². The van der Waals surface area contributed by atoms with Gasteiger partial charge in [-0.15, -0.1) is 0 Å². The van der Waals surface area contributed by atoms with Crippen LogP contribution in [-0.4, -0.2) is 43.7 Å². The van der Waals surface area contributed by atoms with Gasteiger partial charge in [0.05, 0.1) is 12.9 Å². The van der Waals surface area contributed by atoms with E-state index in [9.17, 15) is 19.2 Å². The molecule has 2 rings (SSSR count). The first kappa shape index (κ1) is 18.4. The van der Waals surface area contributed by atoms with Gasteiger partial charge < -0.3 is 14.6 Å². The van der Waals surface area contributed by atoms with Crippen LogP contribution in [0.1, 0.15) is 19.8 Å². The van der Waals surface area contributed by atoms with Crippen LogP contribution in [0.5, 0.6) is 0 Å². The molecule has 0 fully saturated rings. The highest BCUT2D eigenvalue weighted by atomic mass is 16.5. The number of fused-ring (bicyclic) bond motifs is 1. The summed E-state index contributed by atoms with van der Waals surface area (Å²) in [6.45, 7) is 2.27. The molecule has 10 nitrogen and oxygen atoms in total. The van der Waals surface area contributed by atoms with Crippen molar-refractivity contribution in [3.8, 4) is 0 Å². The van der Waals surface area contributed by atoms with Crippen molar-refractivity contribution in [1.82, 2.24) is 24.0 Å². The summed E-state index contributed by atoms with van der Waals surface area (Å²) in [6.07, 6.45) is 2.04. The van der Waals surface area contributed by atoms with Gasteiger partial charge in [0, 0.05) is 27.1 Å². The maximum Gasteiger partial charge on any atom is 0.332 e. The lowest BCUT2D eigenvalue weighted by atomic mass is 10.3. The topological polar surface area (TPSA) is 117 Å². The third-order valence-corrected chi connectivity index (χ3v) is 3.72. The van der Waals surface area contributed by atoms with Crippen molar-refractivity contribution < 1.29 is 14.3 Å². The van der Waals surface area contributed by atoms with E-state index in [2.05, 4.69) is 10.3 Å². The fraction of sp³-hybridized carbons (Fsp3) is 0.533. The summed E-state index contributed by atoms with van der Waals surface area (Å²) >= 11 is 0. The molecular formula is C15H21N5O5. The molecule has 0 radical (unpaired) electrons. The highest BCUT2D eigenvalue weighted by Gasteiger charge is 2.15. The Morgan fingerprint density at radius 2 is 1.96 bits per heavy atom. The van der Waals surface area contributed by atoms with E-state index in [1.165, 1.54) is 29.6 Å². The minimum Gasteiger partial charge on any atom is -0.466 e. The van der Waals surface area contributed by atoms with Gasteiger partial charge in [-0.25, -0.2) is 9.78 Å². The van der Waals surface area contributed by atoms with Crippen molar-refractivity contribution in [3.63, 3.8) is 0 Å². The molecule has 0 bridgehead atoms. The summed E-state index contributed by atoms with van der Waals surface area (Å²) in [5.41, 5.74) is -0.577. The average Bonchev–Trinajstić information content (AvgIpc) is 2.99.